The summed E-state index contributed by atoms with van der Waals surface area (Å²) in [5, 5.41) is 11.5. The minimum Gasteiger partial charge on any atom is -0.465 e. The summed E-state index contributed by atoms with van der Waals surface area (Å²) in [6.07, 6.45) is 4.05. The van der Waals surface area contributed by atoms with Crippen molar-refractivity contribution in [2.24, 2.45) is 5.92 Å². The average molecular weight is 376 g/mol. The number of nitrogens with zero attached hydrogens (tertiary/aromatic N) is 1. The number of likely N-dealkylation sites (N-methyl/N-ethyl adjacent to an activating group) is 1. The van der Waals surface area contributed by atoms with Crippen molar-refractivity contribution in [2.75, 3.05) is 33.8 Å². The number of ether oxygens (including phenoxy) is 2. The second-order valence-corrected chi connectivity index (χ2v) is 8.19. The second-order valence-electron chi connectivity index (χ2n) is 8.19. The number of quaternary nitrogens is 1. The van der Waals surface area contributed by atoms with Crippen LogP contribution in [0.5, 0.6) is 0 Å². The minimum atomic E-state index is -1.61. The summed E-state index contributed by atoms with van der Waals surface area (Å²) >= 11 is 0. The van der Waals surface area contributed by atoms with E-state index in [2.05, 4.69) is 0 Å². The molecule has 3 rings (SSSR count). The van der Waals surface area contributed by atoms with Crippen molar-refractivity contribution in [1.29, 1.82) is 0 Å². The van der Waals surface area contributed by atoms with Crippen molar-refractivity contribution < 1.29 is 28.7 Å². The highest BCUT2D eigenvalue weighted by molar-refractivity contribution is 5.81. The molecule has 1 saturated carbocycles. The summed E-state index contributed by atoms with van der Waals surface area (Å²) in [4.78, 5) is 24.8. The molecule has 0 radical (unpaired) electrons. The van der Waals surface area contributed by atoms with Gasteiger partial charge in [-0.15, -0.1) is 0 Å². The van der Waals surface area contributed by atoms with Gasteiger partial charge in [0.1, 0.15) is 6.54 Å². The third kappa shape index (κ3) is 4.17. The molecule has 2 aliphatic rings. The Balaban J connectivity index is 1.73. The zero-order valence-electron chi connectivity index (χ0n) is 16.2. The summed E-state index contributed by atoms with van der Waals surface area (Å²) in [7, 11) is 3.34. The molecule has 1 saturated heterocycles. The van der Waals surface area contributed by atoms with Gasteiger partial charge < -0.3 is 19.1 Å². The van der Waals surface area contributed by atoms with E-state index in [9.17, 15) is 14.7 Å². The number of esters is 2. The Labute approximate surface area is 160 Å². The molecule has 27 heavy (non-hydrogen) atoms. The lowest BCUT2D eigenvalue weighted by molar-refractivity contribution is -0.891. The maximum absolute atomic E-state index is 13.1. The van der Waals surface area contributed by atoms with Crippen LogP contribution in [-0.2, 0) is 24.7 Å². The summed E-state index contributed by atoms with van der Waals surface area (Å²) in [5.41, 5.74) is -1.00. The lowest BCUT2D eigenvalue weighted by atomic mass is 9.80. The van der Waals surface area contributed by atoms with Crippen LogP contribution in [0, 0.1) is 5.92 Å². The van der Waals surface area contributed by atoms with E-state index in [0.29, 0.717) is 23.0 Å². The SMILES string of the molecule is COC(=O)C[N+]1(C)CC[C@H](OC(=O)[C@@](O)(c2ccccc2)C2CCCC2)C1. The molecule has 1 aliphatic carbocycles. The Morgan fingerprint density at radius 2 is 1.85 bits per heavy atom. The second kappa shape index (κ2) is 7.98. The van der Waals surface area contributed by atoms with Crippen molar-refractivity contribution in [3.8, 4) is 0 Å². The smallest absolute Gasteiger partial charge is 0.361 e. The largest absolute Gasteiger partial charge is 0.465 e. The van der Waals surface area contributed by atoms with Crippen LogP contribution in [-0.4, -0.2) is 61.4 Å². The van der Waals surface area contributed by atoms with Gasteiger partial charge in [0.25, 0.3) is 0 Å². The summed E-state index contributed by atoms with van der Waals surface area (Å²) in [6, 6.07) is 9.14. The molecule has 0 aromatic heterocycles. The van der Waals surface area contributed by atoms with E-state index in [1.807, 2.05) is 25.2 Å². The Morgan fingerprint density at radius 3 is 2.48 bits per heavy atom. The Morgan fingerprint density at radius 1 is 1.19 bits per heavy atom. The Hall–Kier alpha value is -1.92. The fraction of sp³-hybridized carbons (Fsp3) is 0.619. The first kappa shape index (κ1) is 19.8. The molecule has 1 aromatic carbocycles. The van der Waals surface area contributed by atoms with E-state index >= 15 is 0 Å². The third-order valence-corrected chi connectivity index (χ3v) is 6.12. The number of hydrogen-bond donors (Lipinski definition) is 1. The molecular formula is C21H30NO5+. The zero-order chi connectivity index (χ0) is 19.5. The first-order valence-corrected chi connectivity index (χ1v) is 9.77. The fourth-order valence-corrected chi connectivity index (χ4v) is 4.54. The molecule has 148 valence electrons. The molecule has 0 spiro atoms. The highest BCUT2D eigenvalue weighted by Crippen LogP contribution is 2.42. The number of carbonyl (C=O) groups is 2. The van der Waals surface area contributed by atoms with Crippen LogP contribution in [0.25, 0.3) is 0 Å². The van der Waals surface area contributed by atoms with Crippen LogP contribution >= 0.6 is 0 Å². The number of rotatable bonds is 6. The number of likely N-dealkylation sites (tertiary alicyclic amines) is 1. The van der Waals surface area contributed by atoms with Gasteiger partial charge in [0.2, 0.25) is 0 Å². The normalized spacial score (nSPS) is 27.9. The number of aliphatic hydroxyl groups is 1. The maximum Gasteiger partial charge on any atom is 0.361 e. The van der Waals surface area contributed by atoms with E-state index in [1.165, 1.54) is 7.11 Å². The fourth-order valence-electron chi connectivity index (χ4n) is 4.54. The zero-order valence-corrected chi connectivity index (χ0v) is 16.2. The van der Waals surface area contributed by atoms with Gasteiger partial charge in [-0.2, -0.15) is 0 Å². The number of carbonyl (C=O) groups excluding carboxylic acids is 2. The minimum absolute atomic E-state index is 0.121. The van der Waals surface area contributed by atoms with E-state index in [-0.39, 0.29) is 24.5 Å². The standard InChI is InChI=1S/C21H30NO5/c1-22(15-19(23)26-2)13-12-18(14-22)27-20(24)21(25,17-10-6-7-11-17)16-8-4-3-5-9-16/h3-5,8-9,17-18,25H,6-7,10-15H2,1-2H3/q+1/t18-,21+,22?/m0/s1. The van der Waals surface area contributed by atoms with E-state index in [0.717, 1.165) is 32.2 Å². The van der Waals surface area contributed by atoms with E-state index in [4.69, 9.17) is 9.47 Å². The number of methoxy groups -OCH3 is 1. The molecule has 0 amide bonds. The molecule has 6 nitrogen and oxygen atoms in total. The van der Waals surface area contributed by atoms with E-state index < -0.39 is 11.6 Å². The molecule has 6 heteroatoms. The molecule has 0 bridgehead atoms. The number of hydrogen-bond acceptors (Lipinski definition) is 5. The van der Waals surface area contributed by atoms with Crippen LogP contribution in [0.15, 0.2) is 30.3 Å². The molecule has 1 aromatic rings. The average Bonchev–Trinajstić information content (AvgIpc) is 3.32. The first-order chi connectivity index (χ1) is 12.9. The van der Waals surface area contributed by atoms with Crippen molar-refractivity contribution in [3.63, 3.8) is 0 Å². The summed E-state index contributed by atoms with van der Waals surface area (Å²) < 4.78 is 11.1. The molecule has 3 atom stereocenters. The van der Waals surface area contributed by atoms with Crippen molar-refractivity contribution in [1.82, 2.24) is 0 Å². The quantitative estimate of drug-likeness (QED) is 0.607. The lowest BCUT2D eigenvalue weighted by Gasteiger charge is -2.33. The van der Waals surface area contributed by atoms with Crippen LogP contribution in [0.4, 0.5) is 0 Å². The molecule has 1 unspecified atom stereocenters. The van der Waals surface area contributed by atoms with Crippen LogP contribution in [0.3, 0.4) is 0 Å². The third-order valence-electron chi connectivity index (χ3n) is 6.12. The summed E-state index contributed by atoms with van der Waals surface area (Å²) in [6.45, 7) is 1.55. The molecule has 1 N–H and O–H groups in total. The van der Waals surface area contributed by atoms with Gasteiger partial charge >= 0.3 is 11.9 Å². The van der Waals surface area contributed by atoms with Gasteiger partial charge in [0, 0.05) is 12.3 Å². The van der Waals surface area contributed by atoms with Crippen molar-refractivity contribution in [2.45, 2.75) is 43.8 Å². The topological polar surface area (TPSA) is 72.8 Å². The molecule has 2 fully saturated rings. The van der Waals surface area contributed by atoms with Crippen LogP contribution < -0.4 is 0 Å². The lowest BCUT2D eigenvalue weighted by Crippen LogP contribution is -2.48. The van der Waals surface area contributed by atoms with Crippen molar-refractivity contribution in [3.05, 3.63) is 35.9 Å². The van der Waals surface area contributed by atoms with Crippen LogP contribution in [0.1, 0.15) is 37.7 Å². The monoisotopic (exact) mass is 376 g/mol. The van der Waals surface area contributed by atoms with Gasteiger partial charge in [-0.05, 0) is 18.4 Å². The van der Waals surface area contributed by atoms with Crippen molar-refractivity contribution >= 4 is 11.9 Å². The highest BCUT2D eigenvalue weighted by atomic mass is 16.6. The van der Waals surface area contributed by atoms with Crippen LogP contribution in [0.2, 0.25) is 0 Å². The Kier molecular flexibility index (Phi) is 5.86. The van der Waals surface area contributed by atoms with Gasteiger partial charge in [-0.25, -0.2) is 9.59 Å². The predicted molar refractivity (Wildman–Crippen MR) is 99.6 cm³/mol. The first-order valence-electron chi connectivity index (χ1n) is 9.77. The molecular weight excluding hydrogens is 346 g/mol. The maximum atomic E-state index is 13.1. The van der Waals surface area contributed by atoms with E-state index in [1.54, 1.807) is 12.1 Å². The van der Waals surface area contributed by atoms with Gasteiger partial charge in [-0.1, -0.05) is 43.2 Å². The van der Waals surface area contributed by atoms with Gasteiger partial charge in [0.05, 0.1) is 20.7 Å². The molecule has 1 aliphatic heterocycles. The highest BCUT2D eigenvalue weighted by Gasteiger charge is 2.49. The molecule has 1 heterocycles. The van der Waals surface area contributed by atoms with Gasteiger partial charge in [-0.3, -0.25) is 0 Å². The Bertz CT molecular complexity index is 672. The summed E-state index contributed by atoms with van der Waals surface area (Å²) in [5.74, 6) is -0.946. The number of benzene rings is 1. The predicted octanol–water partition coefficient (Wildman–Crippen LogP) is 2.00. The van der Waals surface area contributed by atoms with Gasteiger partial charge in [0.15, 0.2) is 18.2 Å².